The van der Waals surface area contributed by atoms with E-state index in [4.69, 9.17) is 132 Å². The van der Waals surface area contributed by atoms with Crippen molar-refractivity contribution in [1.29, 1.82) is 0 Å². The molecule has 0 amide bonds. The highest BCUT2D eigenvalue weighted by atomic mass is 35.6. The molecule has 120 valence electrons. The molecule has 0 bridgehead atoms. The van der Waals surface area contributed by atoms with Gasteiger partial charge in [-0.1, -0.05) is 116 Å². The van der Waals surface area contributed by atoms with E-state index in [2.05, 4.69) is 0 Å². The minimum absolute atomic E-state index is 0.000918. The lowest BCUT2D eigenvalue weighted by Gasteiger charge is -2.50. The zero-order chi connectivity index (χ0) is 16.2. The van der Waals surface area contributed by atoms with Gasteiger partial charge in [0.15, 0.2) is 13.5 Å². The minimum Gasteiger partial charge on any atom is -0.373 e. The van der Waals surface area contributed by atoms with E-state index in [-0.39, 0.29) is 12.5 Å². The molecular weight excluding hydrogens is 502 g/mol. The lowest BCUT2D eigenvalue weighted by Crippen LogP contribution is -2.66. The molecule has 0 aromatic carbocycles. The van der Waals surface area contributed by atoms with Crippen LogP contribution in [0, 0.1) is 0 Å². The number of halogens is 11. The Balaban J connectivity index is 3.31. The van der Waals surface area contributed by atoms with Gasteiger partial charge in [0, 0.05) is 6.42 Å². The van der Waals surface area contributed by atoms with Crippen molar-refractivity contribution in [3.8, 4) is 0 Å². The molecular formula is C8H5Cl11O. The fourth-order valence-corrected chi connectivity index (χ4v) is 5.69. The molecule has 1 nitrogen and oxygen atoms in total. The first-order valence-corrected chi connectivity index (χ1v) is 8.93. The van der Waals surface area contributed by atoms with E-state index in [1.165, 1.54) is 0 Å². The summed E-state index contributed by atoms with van der Waals surface area (Å²) in [6.07, 6.45) is -0.257. The summed E-state index contributed by atoms with van der Waals surface area (Å²) in [5.74, 6) is 0. The van der Waals surface area contributed by atoms with Crippen LogP contribution >= 0.6 is 128 Å². The van der Waals surface area contributed by atoms with Crippen LogP contribution in [0.4, 0.5) is 0 Å². The van der Waals surface area contributed by atoms with E-state index in [0.29, 0.717) is 6.61 Å². The zero-order valence-corrected chi connectivity index (χ0v) is 17.4. The summed E-state index contributed by atoms with van der Waals surface area (Å²) < 4.78 is -4.05. The Kier molecular flexibility index (Phi) is 6.85. The van der Waals surface area contributed by atoms with Crippen molar-refractivity contribution in [2.45, 2.75) is 33.7 Å². The van der Waals surface area contributed by atoms with Crippen molar-refractivity contribution in [2.24, 2.45) is 0 Å². The summed E-state index contributed by atoms with van der Waals surface area (Å²) in [5, 5.41) is 0. The first kappa shape index (κ1) is 21.2. The maximum absolute atomic E-state index is 6.21. The number of alkyl halides is 11. The van der Waals surface area contributed by atoms with Crippen molar-refractivity contribution < 1.29 is 4.74 Å². The molecule has 0 aliphatic carbocycles. The quantitative estimate of drug-likeness (QED) is 0.300. The SMILES string of the molecule is ClC(Cl)(Cl)C(Cl)(C(Cl)(Cl)Cl)C(Cl)(Cl)C(Cl)(Cl)CC1CO1. The highest BCUT2D eigenvalue weighted by Gasteiger charge is 2.76. The van der Waals surface area contributed by atoms with Crippen LogP contribution in [0.5, 0.6) is 0 Å². The molecule has 1 aliphatic rings. The van der Waals surface area contributed by atoms with Gasteiger partial charge in [-0.3, -0.25) is 0 Å². The molecule has 0 N–H and O–H groups in total. The predicted molar refractivity (Wildman–Crippen MR) is 92.4 cm³/mol. The van der Waals surface area contributed by atoms with Crippen LogP contribution in [0.1, 0.15) is 6.42 Å². The van der Waals surface area contributed by atoms with Crippen LogP contribution in [0.15, 0.2) is 0 Å². The second-order valence-electron chi connectivity index (χ2n) is 4.09. The predicted octanol–water partition coefficient (Wildman–Crippen LogP) is 6.84. The second kappa shape index (κ2) is 6.46. The molecule has 0 spiro atoms. The highest BCUT2D eigenvalue weighted by molar-refractivity contribution is 6.81. The van der Waals surface area contributed by atoms with Crippen molar-refractivity contribution in [3.63, 3.8) is 0 Å². The van der Waals surface area contributed by atoms with Crippen molar-refractivity contribution in [3.05, 3.63) is 0 Å². The Morgan fingerprint density at radius 2 is 1.10 bits per heavy atom. The summed E-state index contributed by atoms with van der Waals surface area (Å²) >= 11 is 65.6. The summed E-state index contributed by atoms with van der Waals surface area (Å²) in [6.45, 7) is 0.432. The third-order valence-corrected chi connectivity index (χ3v) is 8.36. The second-order valence-corrected chi connectivity index (χ2v) is 12.0. The summed E-state index contributed by atoms with van der Waals surface area (Å²) in [4.78, 5) is -2.45. The van der Waals surface area contributed by atoms with Gasteiger partial charge >= 0.3 is 0 Å². The topological polar surface area (TPSA) is 12.5 Å². The third kappa shape index (κ3) is 3.86. The Hall–Kier alpha value is 3.15. The lowest BCUT2D eigenvalue weighted by atomic mass is 10.00. The fraction of sp³-hybridized carbons (Fsp3) is 1.00. The molecule has 1 aliphatic heterocycles. The standard InChI is InChI=1S/C8H5Cl11O/c9-4(10,1-3-2-20-3)6(12,13)5(11,7(14,15)16)8(17,18)19/h3H,1-2H2. The van der Waals surface area contributed by atoms with Crippen molar-refractivity contribution in [2.75, 3.05) is 6.61 Å². The first-order valence-electron chi connectivity index (χ1n) is 4.77. The Morgan fingerprint density at radius 3 is 1.35 bits per heavy atom. The van der Waals surface area contributed by atoms with Gasteiger partial charge in [0.05, 0.1) is 12.7 Å². The van der Waals surface area contributed by atoms with Gasteiger partial charge in [-0.15, -0.1) is 11.6 Å². The maximum atomic E-state index is 6.21. The third-order valence-electron chi connectivity index (χ3n) is 2.56. The smallest absolute Gasteiger partial charge is 0.216 e. The van der Waals surface area contributed by atoms with Crippen LogP contribution in [-0.4, -0.2) is 33.8 Å². The van der Waals surface area contributed by atoms with Gasteiger partial charge in [0.1, 0.15) is 0 Å². The molecule has 0 radical (unpaired) electrons. The van der Waals surface area contributed by atoms with E-state index in [9.17, 15) is 0 Å². The number of hydrogen-bond donors (Lipinski definition) is 0. The highest BCUT2D eigenvalue weighted by Crippen LogP contribution is 2.68. The van der Waals surface area contributed by atoms with E-state index >= 15 is 0 Å². The van der Waals surface area contributed by atoms with Gasteiger partial charge in [0.25, 0.3) is 0 Å². The molecule has 1 heterocycles. The van der Waals surface area contributed by atoms with E-state index in [1.54, 1.807) is 0 Å². The van der Waals surface area contributed by atoms with Gasteiger partial charge < -0.3 is 4.74 Å². The van der Waals surface area contributed by atoms with Gasteiger partial charge in [-0.25, -0.2) is 0 Å². The molecule has 0 aromatic rings. The Labute approximate surface area is 171 Å². The Bertz CT molecular complexity index is 350. The Morgan fingerprint density at radius 1 is 0.750 bits per heavy atom. The zero-order valence-electron chi connectivity index (χ0n) is 9.06. The molecule has 12 heteroatoms. The lowest BCUT2D eigenvalue weighted by molar-refractivity contribution is 0.365. The van der Waals surface area contributed by atoms with Crippen LogP contribution in [0.25, 0.3) is 0 Å². The van der Waals surface area contributed by atoms with Crippen molar-refractivity contribution >= 4 is 128 Å². The number of epoxide rings is 1. The maximum Gasteiger partial charge on any atom is 0.216 e. The van der Waals surface area contributed by atoms with E-state index in [1.807, 2.05) is 0 Å². The normalized spacial score (nSPS) is 22.1. The average molecular weight is 507 g/mol. The monoisotopic (exact) mass is 502 g/mol. The molecule has 0 saturated carbocycles. The van der Waals surface area contributed by atoms with Crippen LogP contribution in [0.2, 0.25) is 0 Å². The minimum atomic E-state index is -2.45. The average Bonchev–Trinajstić information content (AvgIpc) is 2.95. The van der Waals surface area contributed by atoms with Crippen LogP contribution in [0.3, 0.4) is 0 Å². The molecule has 1 atom stereocenters. The van der Waals surface area contributed by atoms with Gasteiger partial charge in [-0.05, 0) is 0 Å². The molecule has 1 saturated heterocycles. The van der Waals surface area contributed by atoms with Gasteiger partial charge in [0.2, 0.25) is 7.59 Å². The van der Waals surface area contributed by atoms with Crippen LogP contribution in [-0.2, 0) is 4.74 Å². The van der Waals surface area contributed by atoms with E-state index in [0.717, 1.165) is 0 Å². The summed E-state index contributed by atoms with van der Waals surface area (Å²) in [6, 6.07) is 0. The number of rotatable bonds is 4. The molecule has 1 unspecified atom stereocenters. The van der Waals surface area contributed by atoms with Gasteiger partial charge in [-0.2, -0.15) is 0 Å². The summed E-state index contributed by atoms with van der Waals surface area (Å²) in [5.41, 5.74) is 0. The fourth-order valence-electron chi connectivity index (χ4n) is 1.37. The number of hydrogen-bond acceptors (Lipinski definition) is 1. The van der Waals surface area contributed by atoms with E-state index < -0.39 is 21.1 Å². The van der Waals surface area contributed by atoms with Crippen LogP contribution < -0.4 is 0 Å². The first-order chi connectivity index (χ1) is 8.58. The largest absolute Gasteiger partial charge is 0.373 e. The molecule has 20 heavy (non-hydrogen) atoms. The molecule has 1 rings (SSSR count). The summed E-state index contributed by atoms with van der Waals surface area (Å²) in [7, 11) is 0. The molecule has 0 aromatic heterocycles. The number of ether oxygens (including phenoxy) is 1. The van der Waals surface area contributed by atoms with Crippen molar-refractivity contribution in [1.82, 2.24) is 0 Å². The molecule has 1 fully saturated rings.